The van der Waals surface area contributed by atoms with Crippen molar-refractivity contribution in [3.8, 4) is 0 Å². The van der Waals surface area contributed by atoms with Crippen molar-refractivity contribution in [2.75, 3.05) is 6.61 Å². The van der Waals surface area contributed by atoms with Gasteiger partial charge >= 0.3 is 0 Å². The maximum atomic E-state index is 13.4. The highest BCUT2D eigenvalue weighted by Crippen LogP contribution is 2.59. The Hall–Kier alpha value is -1.79. The molecule has 212 valence electrons. The summed E-state index contributed by atoms with van der Waals surface area (Å²) in [6.45, 7) is 12.0. The van der Waals surface area contributed by atoms with E-state index in [0.29, 0.717) is 36.9 Å². The van der Waals surface area contributed by atoms with Crippen LogP contribution in [0.25, 0.3) is 0 Å². The average molecular weight is 535 g/mol. The van der Waals surface area contributed by atoms with Crippen LogP contribution in [0.2, 0.25) is 0 Å². The molecule has 0 aromatic heterocycles. The van der Waals surface area contributed by atoms with Gasteiger partial charge in [-0.15, -0.1) is 0 Å². The summed E-state index contributed by atoms with van der Waals surface area (Å²) in [6.07, 6.45) is 9.39. The van der Waals surface area contributed by atoms with Crippen LogP contribution in [0.4, 0.5) is 0 Å². The van der Waals surface area contributed by atoms with Gasteiger partial charge in [-0.25, -0.2) is 0 Å². The number of fused-ring (bicyclic) bond motifs is 2. The molecule has 1 aromatic rings. The van der Waals surface area contributed by atoms with Gasteiger partial charge in [0.1, 0.15) is 6.10 Å². The van der Waals surface area contributed by atoms with Crippen LogP contribution in [0.15, 0.2) is 53.6 Å². The number of ether oxygens (including phenoxy) is 4. The number of allylic oxidation sites excluding steroid dienone is 2. The van der Waals surface area contributed by atoms with Crippen molar-refractivity contribution in [1.82, 2.24) is 0 Å². The van der Waals surface area contributed by atoms with Crippen molar-refractivity contribution >= 4 is 5.78 Å². The average Bonchev–Trinajstić information content (AvgIpc) is 3.14. The number of carbonyl (C=O) groups excluding carboxylic acids is 1. The van der Waals surface area contributed by atoms with Crippen LogP contribution in [0.5, 0.6) is 0 Å². The van der Waals surface area contributed by atoms with E-state index < -0.39 is 11.9 Å². The zero-order chi connectivity index (χ0) is 27.3. The molecule has 4 fully saturated rings. The topological polar surface area (TPSA) is 54.0 Å². The summed E-state index contributed by atoms with van der Waals surface area (Å²) < 4.78 is 26.4. The number of benzene rings is 1. The van der Waals surface area contributed by atoms with Gasteiger partial charge in [-0.2, -0.15) is 0 Å². The van der Waals surface area contributed by atoms with Gasteiger partial charge in [0.15, 0.2) is 11.6 Å². The second kappa shape index (κ2) is 10.9. The molecule has 1 aromatic carbocycles. The normalized spacial score (nSPS) is 38.8. The molecule has 0 unspecified atom stereocenters. The van der Waals surface area contributed by atoms with Gasteiger partial charge in [0.25, 0.3) is 0 Å². The van der Waals surface area contributed by atoms with Crippen molar-refractivity contribution < 1.29 is 23.7 Å². The maximum absolute atomic E-state index is 13.4. The number of hydrogen-bond acceptors (Lipinski definition) is 5. The molecule has 39 heavy (non-hydrogen) atoms. The molecule has 0 spiro atoms. The van der Waals surface area contributed by atoms with E-state index in [0.717, 1.165) is 36.8 Å². The molecule has 5 aliphatic rings. The molecular weight excluding hydrogens is 488 g/mol. The smallest absolute Gasteiger partial charge is 0.184 e. The van der Waals surface area contributed by atoms with Crippen molar-refractivity contribution in [2.45, 2.75) is 104 Å². The second-order valence-corrected chi connectivity index (χ2v) is 13.5. The molecule has 3 heterocycles. The Labute approximate surface area is 234 Å². The van der Waals surface area contributed by atoms with Crippen LogP contribution < -0.4 is 0 Å². The van der Waals surface area contributed by atoms with E-state index in [1.807, 2.05) is 38.1 Å². The molecule has 3 aliphatic heterocycles. The van der Waals surface area contributed by atoms with Crippen molar-refractivity contribution in [3.63, 3.8) is 0 Å². The molecule has 5 heteroatoms. The van der Waals surface area contributed by atoms with Gasteiger partial charge in [-0.1, -0.05) is 48.9 Å². The first-order valence-electron chi connectivity index (χ1n) is 15.2. The van der Waals surface area contributed by atoms with Crippen LogP contribution >= 0.6 is 0 Å². The van der Waals surface area contributed by atoms with E-state index >= 15 is 0 Å². The Morgan fingerprint density at radius 1 is 1.05 bits per heavy atom. The predicted octanol–water partition coefficient (Wildman–Crippen LogP) is 6.66. The van der Waals surface area contributed by atoms with Crippen molar-refractivity contribution in [3.05, 3.63) is 59.2 Å². The summed E-state index contributed by atoms with van der Waals surface area (Å²) in [6, 6.07) is 10.3. The monoisotopic (exact) mass is 534 g/mol. The summed E-state index contributed by atoms with van der Waals surface area (Å²) in [5, 5.41) is 0. The number of hydrogen-bond donors (Lipinski definition) is 0. The predicted molar refractivity (Wildman–Crippen MR) is 151 cm³/mol. The van der Waals surface area contributed by atoms with Crippen molar-refractivity contribution in [1.29, 1.82) is 0 Å². The molecule has 2 bridgehead atoms. The highest BCUT2D eigenvalue weighted by molar-refractivity contribution is 5.96. The number of carbonyl (C=O) groups is 1. The minimum Gasteiger partial charge on any atom is -0.376 e. The highest BCUT2D eigenvalue weighted by atomic mass is 16.7. The summed E-state index contributed by atoms with van der Waals surface area (Å²) in [5.74, 6) is 1.61. The van der Waals surface area contributed by atoms with Gasteiger partial charge < -0.3 is 18.9 Å². The van der Waals surface area contributed by atoms with Gasteiger partial charge in [-0.05, 0) is 94.8 Å². The minimum absolute atomic E-state index is 0.0217. The van der Waals surface area contributed by atoms with Gasteiger partial charge in [0.05, 0.1) is 31.5 Å². The first kappa shape index (κ1) is 27.4. The molecule has 0 radical (unpaired) electrons. The van der Waals surface area contributed by atoms with Gasteiger partial charge in [0, 0.05) is 17.8 Å². The summed E-state index contributed by atoms with van der Waals surface area (Å²) in [4.78, 5) is 13.4. The van der Waals surface area contributed by atoms with Crippen LogP contribution in [0.1, 0.15) is 72.3 Å². The largest absolute Gasteiger partial charge is 0.376 e. The summed E-state index contributed by atoms with van der Waals surface area (Å²) in [5.41, 5.74) is 3.68. The first-order valence-corrected chi connectivity index (χ1v) is 15.2. The quantitative estimate of drug-likeness (QED) is 0.349. The molecule has 2 saturated carbocycles. The Balaban J connectivity index is 1.33. The third-order valence-corrected chi connectivity index (χ3v) is 10.2. The van der Waals surface area contributed by atoms with Crippen LogP contribution in [-0.4, -0.2) is 42.6 Å². The van der Waals surface area contributed by atoms with Crippen LogP contribution in [0, 0.1) is 35.5 Å². The van der Waals surface area contributed by atoms with Crippen LogP contribution in [-0.2, 0) is 30.3 Å². The van der Waals surface area contributed by atoms with Crippen molar-refractivity contribution in [2.24, 2.45) is 35.5 Å². The third kappa shape index (κ3) is 5.32. The molecule has 6 rings (SSSR count). The SMILES string of the molecule is CC(C)=CCC[C@H](C)[C@@H]1CC[C@@H]2OC(C)(C)O[C@H]3CC4=CC(=O)[C@H]5O[C@@H]4[C@H]([C@@H]5COCc4ccccc4)[C@@H]1[C@H]23. The molecule has 5 nitrogen and oxygen atoms in total. The lowest BCUT2D eigenvalue weighted by Crippen LogP contribution is -2.58. The summed E-state index contributed by atoms with van der Waals surface area (Å²) in [7, 11) is 0. The Morgan fingerprint density at radius 3 is 2.59 bits per heavy atom. The lowest BCUT2D eigenvalue weighted by molar-refractivity contribution is -0.338. The molecule has 0 amide bonds. The van der Waals surface area contributed by atoms with Crippen LogP contribution in [0.3, 0.4) is 0 Å². The van der Waals surface area contributed by atoms with Gasteiger partial charge in [0.2, 0.25) is 0 Å². The summed E-state index contributed by atoms with van der Waals surface area (Å²) >= 11 is 0. The molecule has 2 saturated heterocycles. The first-order chi connectivity index (χ1) is 18.7. The standard InChI is InChI=1S/C34H46O5/c1-20(2)10-9-11-21(3)24-14-15-27-31-28(39-34(4,5)38-27)17-23-16-26(35)33-25(30(29(24)31)32(23)37-33)19-36-18-22-12-7-6-8-13-22/h6-8,10,12-13,16,21,24-25,27-33H,9,11,14-15,17-19H2,1-5H3/t21-,24-,25-,27-,28-,29+,30+,31+,32-,33-/m0/s1. The van der Waals surface area contributed by atoms with E-state index in [1.54, 1.807) is 0 Å². The Bertz CT molecular complexity index is 1100. The van der Waals surface area contributed by atoms with E-state index in [2.05, 4.69) is 39.0 Å². The maximum Gasteiger partial charge on any atom is 0.184 e. The van der Waals surface area contributed by atoms with E-state index in [1.165, 1.54) is 12.0 Å². The fraction of sp³-hybridized carbons (Fsp3) is 0.676. The number of rotatable bonds is 8. The second-order valence-electron chi connectivity index (χ2n) is 13.5. The lowest BCUT2D eigenvalue weighted by atomic mass is 9.57. The van der Waals surface area contributed by atoms with E-state index in [-0.39, 0.29) is 35.9 Å². The fourth-order valence-corrected chi connectivity index (χ4v) is 8.68. The van der Waals surface area contributed by atoms with E-state index in [9.17, 15) is 4.79 Å². The fourth-order valence-electron chi connectivity index (χ4n) is 8.68. The zero-order valence-corrected chi connectivity index (χ0v) is 24.3. The Morgan fingerprint density at radius 2 is 1.82 bits per heavy atom. The Kier molecular flexibility index (Phi) is 7.64. The minimum atomic E-state index is -0.613. The molecule has 10 atom stereocenters. The van der Waals surface area contributed by atoms with Gasteiger partial charge in [-0.3, -0.25) is 4.79 Å². The number of ketones is 1. The van der Waals surface area contributed by atoms with E-state index in [4.69, 9.17) is 18.9 Å². The highest BCUT2D eigenvalue weighted by Gasteiger charge is 2.63. The molecule has 2 aliphatic carbocycles. The lowest BCUT2D eigenvalue weighted by Gasteiger charge is -2.55. The molecular formula is C34H46O5. The third-order valence-electron chi connectivity index (χ3n) is 10.2. The zero-order valence-electron chi connectivity index (χ0n) is 24.3. The molecule has 0 N–H and O–H groups in total.